The Morgan fingerprint density at radius 1 is 1.23 bits per heavy atom. The molecule has 22 heavy (non-hydrogen) atoms. The standard InChI is InChI=1S/C18H35N3O/c1-15(2)6-11-21-12-7-16(8-13-21)14-20-17(22)18(19)9-4-3-5-10-18/h15-16H,3-14,19H2,1-2H3,(H,20,22). The van der Waals surface area contributed by atoms with E-state index in [-0.39, 0.29) is 5.91 Å². The average Bonchev–Trinajstić information content (AvgIpc) is 2.52. The summed E-state index contributed by atoms with van der Waals surface area (Å²) in [5, 5.41) is 3.15. The van der Waals surface area contributed by atoms with E-state index in [2.05, 4.69) is 24.1 Å². The van der Waals surface area contributed by atoms with Crippen molar-refractivity contribution in [2.45, 2.75) is 70.8 Å². The summed E-state index contributed by atoms with van der Waals surface area (Å²) in [4.78, 5) is 14.9. The molecule has 0 aromatic rings. The van der Waals surface area contributed by atoms with Gasteiger partial charge < -0.3 is 16.0 Å². The van der Waals surface area contributed by atoms with Gasteiger partial charge in [0.05, 0.1) is 5.54 Å². The quantitative estimate of drug-likeness (QED) is 0.792. The highest BCUT2D eigenvalue weighted by Gasteiger charge is 2.35. The minimum atomic E-state index is -0.587. The SMILES string of the molecule is CC(C)CCN1CCC(CNC(=O)C2(N)CCCCC2)CC1. The molecule has 4 heteroatoms. The molecule has 1 saturated carbocycles. The highest BCUT2D eigenvalue weighted by Crippen LogP contribution is 2.26. The van der Waals surface area contributed by atoms with Gasteiger partial charge in [0.1, 0.15) is 0 Å². The largest absolute Gasteiger partial charge is 0.354 e. The number of rotatable bonds is 6. The number of hydrogen-bond acceptors (Lipinski definition) is 3. The second-order valence-corrected chi connectivity index (χ2v) is 7.89. The molecule has 1 saturated heterocycles. The lowest BCUT2D eigenvalue weighted by Crippen LogP contribution is -2.55. The van der Waals surface area contributed by atoms with Crippen LogP contribution in [-0.4, -0.2) is 42.5 Å². The van der Waals surface area contributed by atoms with E-state index in [1.165, 1.54) is 45.3 Å². The van der Waals surface area contributed by atoms with Crippen LogP contribution in [0, 0.1) is 11.8 Å². The first-order chi connectivity index (χ1) is 10.5. The lowest BCUT2D eigenvalue weighted by Gasteiger charge is -2.35. The molecule has 2 rings (SSSR count). The summed E-state index contributed by atoms with van der Waals surface area (Å²) < 4.78 is 0. The van der Waals surface area contributed by atoms with Crippen molar-refractivity contribution >= 4 is 5.91 Å². The normalized spacial score (nSPS) is 23.6. The first kappa shape index (κ1) is 17.7. The Kier molecular flexibility index (Phi) is 6.69. The van der Waals surface area contributed by atoms with E-state index >= 15 is 0 Å². The van der Waals surface area contributed by atoms with E-state index in [0.29, 0.717) is 5.92 Å². The van der Waals surface area contributed by atoms with E-state index in [1.54, 1.807) is 0 Å². The predicted molar refractivity (Wildman–Crippen MR) is 91.6 cm³/mol. The van der Waals surface area contributed by atoms with Crippen molar-refractivity contribution in [3.63, 3.8) is 0 Å². The van der Waals surface area contributed by atoms with Crippen LogP contribution in [0.5, 0.6) is 0 Å². The molecule has 0 atom stereocenters. The molecule has 128 valence electrons. The number of carbonyl (C=O) groups is 1. The molecule has 0 bridgehead atoms. The number of nitrogens with zero attached hydrogens (tertiary/aromatic N) is 1. The van der Waals surface area contributed by atoms with Gasteiger partial charge in [-0.1, -0.05) is 33.1 Å². The molecule has 0 spiro atoms. The Morgan fingerprint density at radius 2 is 1.86 bits per heavy atom. The number of nitrogens with one attached hydrogen (secondary N) is 1. The van der Waals surface area contributed by atoms with Crippen molar-refractivity contribution in [3.8, 4) is 0 Å². The van der Waals surface area contributed by atoms with Gasteiger partial charge in [-0.2, -0.15) is 0 Å². The van der Waals surface area contributed by atoms with Gasteiger partial charge in [-0.25, -0.2) is 0 Å². The lowest BCUT2D eigenvalue weighted by atomic mass is 9.81. The van der Waals surface area contributed by atoms with Gasteiger partial charge in [0, 0.05) is 6.54 Å². The van der Waals surface area contributed by atoms with Gasteiger partial charge >= 0.3 is 0 Å². The lowest BCUT2D eigenvalue weighted by molar-refractivity contribution is -0.127. The number of nitrogens with two attached hydrogens (primary N) is 1. The molecule has 1 amide bonds. The molecular weight excluding hydrogens is 274 g/mol. The Labute approximate surface area is 136 Å². The van der Waals surface area contributed by atoms with Crippen LogP contribution in [0.15, 0.2) is 0 Å². The van der Waals surface area contributed by atoms with Crippen LogP contribution in [0.1, 0.15) is 65.2 Å². The number of piperidine rings is 1. The zero-order valence-electron chi connectivity index (χ0n) is 14.6. The summed E-state index contributed by atoms with van der Waals surface area (Å²) in [6.07, 6.45) is 8.82. The zero-order chi connectivity index (χ0) is 16.0. The molecule has 3 N–H and O–H groups in total. The molecular formula is C18H35N3O. The Morgan fingerprint density at radius 3 is 2.45 bits per heavy atom. The maximum atomic E-state index is 12.4. The molecule has 0 aromatic heterocycles. The summed E-state index contributed by atoms with van der Waals surface area (Å²) in [5.41, 5.74) is 5.70. The fourth-order valence-corrected chi connectivity index (χ4v) is 3.68. The highest BCUT2D eigenvalue weighted by molar-refractivity contribution is 5.86. The molecule has 2 aliphatic rings. The predicted octanol–water partition coefficient (Wildman–Crippen LogP) is 2.52. The maximum absolute atomic E-state index is 12.4. The molecule has 4 nitrogen and oxygen atoms in total. The molecule has 1 heterocycles. The van der Waals surface area contributed by atoms with Crippen LogP contribution < -0.4 is 11.1 Å². The molecule has 0 unspecified atom stereocenters. The zero-order valence-corrected chi connectivity index (χ0v) is 14.6. The third-order valence-corrected chi connectivity index (χ3v) is 5.48. The summed E-state index contributed by atoms with van der Waals surface area (Å²) in [5.74, 6) is 1.51. The van der Waals surface area contributed by atoms with Crippen LogP contribution in [-0.2, 0) is 4.79 Å². The summed E-state index contributed by atoms with van der Waals surface area (Å²) >= 11 is 0. The van der Waals surface area contributed by atoms with Gasteiger partial charge in [-0.15, -0.1) is 0 Å². The van der Waals surface area contributed by atoms with Crippen LogP contribution in [0.4, 0.5) is 0 Å². The van der Waals surface area contributed by atoms with E-state index < -0.39 is 5.54 Å². The van der Waals surface area contributed by atoms with Gasteiger partial charge in [0.15, 0.2) is 0 Å². The third-order valence-electron chi connectivity index (χ3n) is 5.48. The number of likely N-dealkylation sites (tertiary alicyclic amines) is 1. The Balaban J connectivity index is 1.65. The van der Waals surface area contributed by atoms with Crippen molar-refractivity contribution in [1.82, 2.24) is 10.2 Å². The second-order valence-electron chi connectivity index (χ2n) is 7.89. The fraction of sp³-hybridized carbons (Fsp3) is 0.944. The van der Waals surface area contributed by atoms with E-state index in [1.807, 2.05) is 0 Å². The van der Waals surface area contributed by atoms with Crippen LogP contribution in [0.3, 0.4) is 0 Å². The first-order valence-electron chi connectivity index (χ1n) is 9.29. The van der Waals surface area contributed by atoms with Crippen molar-refractivity contribution in [2.75, 3.05) is 26.2 Å². The van der Waals surface area contributed by atoms with Crippen LogP contribution in [0.2, 0.25) is 0 Å². The second kappa shape index (κ2) is 8.30. The Bertz CT molecular complexity index is 342. The summed E-state index contributed by atoms with van der Waals surface area (Å²) in [6.45, 7) is 8.98. The van der Waals surface area contributed by atoms with Crippen molar-refractivity contribution in [3.05, 3.63) is 0 Å². The number of carbonyl (C=O) groups excluding carboxylic acids is 1. The smallest absolute Gasteiger partial charge is 0.240 e. The topological polar surface area (TPSA) is 58.4 Å². The molecule has 1 aliphatic heterocycles. The van der Waals surface area contributed by atoms with E-state index in [9.17, 15) is 4.79 Å². The minimum absolute atomic E-state index is 0.0921. The van der Waals surface area contributed by atoms with Crippen LogP contribution >= 0.6 is 0 Å². The monoisotopic (exact) mass is 309 g/mol. The average molecular weight is 309 g/mol. The highest BCUT2D eigenvalue weighted by atomic mass is 16.2. The third kappa shape index (κ3) is 5.24. The van der Waals surface area contributed by atoms with Crippen molar-refractivity contribution < 1.29 is 4.79 Å². The molecule has 0 radical (unpaired) electrons. The van der Waals surface area contributed by atoms with Gasteiger partial charge in [0.25, 0.3) is 0 Å². The van der Waals surface area contributed by atoms with Crippen molar-refractivity contribution in [1.29, 1.82) is 0 Å². The van der Waals surface area contributed by atoms with Gasteiger partial charge in [-0.3, -0.25) is 4.79 Å². The number of hydrogen-bond donors (Lipinski definition) is 2. The molecule has 0 aromatic carbocycles. The van der Waals surface area contributed by atoms with Crippen molar-refractivity contribution in [2.24, 2.45) is 17.6 Å². The minimum Gasteiger partial charge on any atom is -0.354 e. The number of amides is 1. The first-order valence-corrected chi connectivity index (χ1v) is 9.29. The molecule has 1 aliphatic carbocycles. The van der Waals surface area contributed by atoms with E-state index in [4.69, 9.17) is 5.73 Å². The van der Waals surface area contributed by atoms with E-state index in [0.717, 1.165) is 38.1 Å². The van der Waals surface area contributed by atoms with Gasteiger partial charge in [-0.05, 0) is 63.6 Å². The summed E-state index contributed by atoms with van der Waals surface area (Å²) in [6, 6.07) is 0. The van der Waals surface area contributed by atoms with Gasteiger partial charge in [0.2, 0.25) is 5.91 Å². The summed E-state index contributed by atoms with van der Waals surface area (Å²) in [7, 11) is 0. The maximum Gasteiger partial charge on any atom is 0.240 e. The molecule has 2 fully saturated rings. The Hall–Kier alpha value is -0.610. The fourth-order valence-electron chi connectivity index (χ4n) is 3.68. The van der Waals surface area contributed by atoms with Crippen LogP contribution in [0.25, 0.3) is 0 Å².